The van der Waals surface area contributed by atoms with Crippen molar-refractivity contribution in [3.05, 3.63) is 27.7 Å². The highest BCUT2D eigenvalue weighted by Gasteiger charge is 2.38. The van der Waals surface area contributed by atoms with Crippen LogP contribution < -0.4 is 10.2 Å². The van der Waals surface area contributed by atoms with Gasteiger partial charge in [0.25, 0.3) is 0 Å². The molecule has 2 atom stereocenters. The van der Waals surface area contributed by atoms with E-state index in [0.29, 0.717) is 21.6 Å². The fourth-order valence-corrected chi connectivity index (χ4v) is 2.65. The number of nitrogens with zero attached hydrogens (tertiary/aromatic N) is 1. The molecule has 1 heterocycles. The van der Waals surface area contributed by atoms with Crippen LogP contribution in [0.3, 0.4) is 0 Å². The van der Waals surface area contributed by atoms with Gasteiger partial charge in [0.05, 0.1) is 5.02 Å². The smallest absolute Gasteiger partial charge is 0.250 e. The maximum atomic E-state index is 12.3. The molecule has 0 aliphatic carbocycles. The van der Waals surface area contributed by atoms with Crippen LogP contribution >= 0.6 is 27.5 Å². The van der Waals surface area contributed by atoms with E-state index in [1.807, 2.05) is 6.92 Å². The van der Waals surface area contributed by atoms with E-state index in [2.05, 4.69) is 21.2 Å². The number of halogens is 2. The number of carbonyl (C=O) groups is 2. The van der Waals surface area contributed by atoms with E-state index in [0.717, 1.165) is 0 Å². The second kappa shape index (κ2) is 5.51. The van der Waals surface area contributed by atoms with Crippen molar-refractivity contribution in [2.75, 3.05) is 4.90 Å². The first kappa shape index (κ1) is 14.3. The minimum absolute atomic E-state index is 0.110. The summed E-state index contributed by atoms with van der Waals surface area (Å²) in [6, 6.07) is 4.23. The van der Waals surface area contributed by atoms with Crippen molar-refractivity contribution in [3.63, 3.8) is 0 Å². The van der Waals surface area contributed by atoms with Gasteiger partial charge in [0.2, 0.25) is 11.8 Å². The Balaban J connectivity index is 2.45. The topological polar surface area (TPSA) is 49.4 Å². The highest BCUT2D eigenvalue weighted by atomic mass is 79.9. The summed E-state index contributed by atoms with van der Waals surface area (Å²) >= 11 is 9.29. The number of anilines is 1. The van der Waals surface area contributed by atoms with Crippen molar-refractivity contribution in [2.24, 2.45) is 0 Å². The second-order valence-electron chi connectivity index (χ2n) is 4.46. The van der Waals surface area contributed by atoms with Gasteiger partial charge >= 0.3 is 0 Å². The minimum atomic E-state index is -0.509. The first-order valence-electron chi connectivity index (χ1n) is 6.04. The Kier molecular flexibility index (Phi) is 4.16. The Labute approximate surface area is 125 Å². The standard InChI is InChI=1S/C13H14BrClN2O2/c1-3-11-12(18)16-7(2)13(19)17(11)8-4-5-10(15)9(14)6-8/h4-7,11H,3H2,1-2H3,(H,16,18). The van der Waals surface area contributed by atoms with Crippen molar-refractivity contribution in [2.45, 2.75) is 32.4 Å². The Morgan fingerprint density at radius 3 is 2.68 bits per heavy atom. The molecular weight excluding hydrogens is 332 g/mol. The number of carbonyl (C=O) groups excluding carboxylic acids is 2. The molecular formula is C13H14BrClN2O2. The lowest BCUT2D eigenvalue weighted by atomic mass is 10.0. The molecule has 1 aromatic rings. The average Bonchev–Trinajstić information content (AvgIpc) is 2.37. The highest BCUT2D eigenvalue weighted by molar-refractivity contribution is 9.10. The van der Waals surface area contributed by atoms with E-state index in [4.69, 9.17) is 11.6 Å². The number of hydrogen-bond acceptors (Lipinski definition) is 2. The number of benzene rings is 1. The van der Waals surface area contributed by atoms with Crippen LogP contribution in [0.15, 0.2) is 22.7 Å². The highest BCUT2D eigenvalue weighted by Crippen LogP contribution is 2.30. The molecule has 2 amide bonds. The molecule has 102 valence electrons. The number of amides is 2. The Morgan fingerprint density at radius 1 is 1.42 bits per heavy atom. The summed E-state index contributed by atoms with van der Waals surface area (Å²) in [5, 5.41) is 3.26. The van der Waals surface area contributed by atoms with Gasteiger partial charge < -0.3 is 5.32 Å². The third-order valence-electron chi connectivity index (χ3n) is 3.15. The van der Waals surface area contributed by atoms with Crippen molar-refractivity contribution in [1.82, 2.24) is 5.32 Å². The van der Waals surface area contributed by atoms with Crippen molar-refractivity contribution in [1.29, 1.82) is 0 Å². The third kappa shape index (κ3) is 2.62. The molecule has 2 unspecified atom stereocenters. The van der Waals surface area contributed by atoms with Crippen molar-refractivity contribution < 1.29 is 9.59 Å². The Bertz CT molecular complexity index is 535. The number of rotatable bonds is 2. The predicted octanol–water partition coefficient (Wildman–Crippen LogP) is 2.73. The van der Waals surface area contributed by atoms with E-state index in [-0.39, 0.29) is 11.8 Å². The van der Waals surface area contributed by atoms with Crippen LogP contribution in [0.2, 0.25) is 5.02 Å². The normalized spacial score (nSPS) is 23.5. The zero-order valence-corrected chi connectivity index (χ0v) is 13.0. The summed E-state index contributed by atoms with van der Waals surface area (Å²) in [7, 11) is 0. The van der Waals surface area contributed by atoms with Crippen LogP contribution in [0.4, 0.5) is 5.69 Å². The van der Waals surface area contributed by atoms with Crippen LogP contribution in [-0.2, 0) is 9.59 Å². The molecule has 1 aliphatic heterocycles. The van der Waals surface area contributed by atoms with Gasteiger partial charge in [0.15, 0.2) is 0 Å². The molecule has 1 aromatic carbocycles. The minimum Gasteiger partial charge on any atom is -0.343 e. The molecule has 0 radical (unpaired) electrons. The molecule has 1 saturated heterocycles. The maximum absolute atomic E-state index is 12.3. The van der Waals surface area contributed by atoms with Gasteiger partial charge in [-0.2, -0.15) is 0 Å². The third-order valence-corrected chi connectivity index (χ3v) is 4.36. The molecule has 4 nitrogen and oxygen atoms in total. The molecule has 2 rings (SSSR count). The summed E-state index contributed by atoms with van der Waals surface area (Å²) in [5.41, 5.74) is 0.676. The Hall–Kier alpha value is -1.07. The second-order valence-corrected chi connectivity index (χ2v) is 5.72. The van der Waals surface area contributed by atoms with E-state index in [1.165, 1.54) is 0 Å². The number of piperazine rings is 1. The maximum Gasteiger partial charge on any atom is 0.250 e. The van der Waals surface area contributed by atoms with E-state index in [9.17, 15) is 9.59 Å². The molecule has 19 heavy (non-hydrogen) atoms. The molecule has 0 spiro atoms. The van der Waals surface area contributed by atoms with E-state index >= 15 is 0 Å². The SMILES string of the molecule is CCC1C(=O)NC(C)C(=O)N1c1ccc(Cl)c(Br)c1. The number of nitrogens with one attached hydrogen (secondary N) is 1. The summed E-state index contributed by atoms with van der Waals surface area (Å²) in [5.74, 6) is -0.235. The summed E-state index contributed by atoms with van der Waals surface area (Å²) in [6.45, 7) is 3.57. The Morgan fingerprint density at radius 2 is 2.11 bits per heavy atom. The quantitative estimate of drug-likeness (QED) is 0.896. The fourth-order valence-electron chi connectivity index (χ4n) is 2.16. The summed E-state index contributed by atoms with van der Waals surface area (Å²) < 4.78 is 0.702. The first-order valence-corrected chi connectivity index (χ1v) is 7.21. The predicted molar refractivity (Wildman–Crippen MR) is 78.3 cm³/mol. The molecule has 1 aliphatic rings. The van der Waals surface area contributed by atoms with Crippen LogP contribution in [0.1, 0.15) is 20.3 Å². The monoisotopic (exact) mass is 344 g/mol. The zero-order chi connectivity index (χ0) is 14.2. The fraction of sp³-hybridized carbons (Fsp3) is 0.385. The first-order chi connectivity index (χ1) is 8.95. The lowest BCUT2D eigenvalue weighted by Crippen LogP contribution is -2.62. The van der Waals surface area contributed by atoms with Crippen LogP contribution in [0.5, 0.6) is 0 Å². The van der Waals surface area contributed by atoms with Gasteiger partial charge in [-0.3, -0.25) is 14.5 Å². The summed E-state index contributed by atoms with van der Waals surface area (Å²) in [6.07, 6.45) is 0.560. The zero-order valence-electron chi connectivity index (χ0n) is 10.6. The lowest BCUT2D eigenvalue weighted by Gasteiger charge is -2.37. The van der Waals surface area contributed by atoms with Gasteiger partial charge in [-0.25, -0.2) is 0 Å². The molecule has 1 fully saturated rings. The molecule has 1 N–H and O–H groups in total. The molecule has 0 aromatic heterocycles. The van der Waals surface area contributed by atoms with Crippen molar-refractivity contribution in [3.8, 4) is 0 Å². The van der Waals surface area contributed by atoms with Gasteiger partial charge in [-0.1, -0.05) is 18.5 Å². The van der Waals surface area contributed by atoms with Crippen molar-refractivity contribution >= 4 is 45.0 Å². The van der Waals surface area contributed by atoms with Gasteiger partial charge in [-0.15, -0.1) is 0 Å². The van der Waals surface area contributed by atoms with Crippen LogP contribution in [0, 0.1) is 0 Å². The van der Waals surface area contributed by atoms with Crippen LogP contribution in [-0.4, -0.2) is 23.9 Å². The summed E-state index contributed by atoms with van der Waals surface area (Å²) in [4.78, 5) is 25.8. The van der Waals surface area contributed by atoms with Gasteiger partial charge in [-0.05, 0) is 47.5 Å². The van der Waals surface area contributed by atoms with Gasteiger partial charge in [0, 0.05) is 10.2 Å². The largest absolute Gasteiger partial charge is 0.343 e. The molecule has 0 bridgehead atoms. The van der Waals surface area contributed by atoms with E-state index < -0.39 is 12.1 Å². The molecule has 6 heteroatoms. The number of hydrogen-bond donors (Lipinski definition) is 1. The van der Waals surface area contributed by atoms with Gasteiger partial charge in [0.1, 0.15) is 12.1 Å². The average molecular weight is 346 g/mol. The lowest BCUT2D eigenvalue weighted by molar-refractivity contribution is -0.133. The van der Waals surface area contributed by atoms with Crippen LogP contribution in [0.25, 0.3) is 0 Å². The van der Waals surface area contributed by atoms with E-state index in [1.54, 1.807) is 30.0 Å². The molecule has 0 saturated carbocycles.